The van der Waals surface area contributed by atoms with Crippen molar-refractivity contribution >= 4 is 30.6 Å². The standard InChI is InChI=1S/C11H10BF3N2O/c1-6-5-16-8-4-7(12)2-3-9(8)17(6)10(18)11(13,14)15/h2-4,6,16H,5H2,1H3/t6-/m0/s1. The van der Waals surface area contributed by atoms with E-state index < -0.39 is 18.1 Å². The van der Waals surface area contributed by atoms with E-state index in [1.165, 1.54) is 18.2 Å². The van der Waals surface area contributed by atoms with Gasteiger partial charge in [-0.15, -0.1) is 0 Å². The molecule has 0 unspecified atom stereocenters. The molecule has 1 heterocycles. The number of nitrogens with one attached hydrogen (secondary N) is 1. The highest BCUT2D eigenvalue weighted by molar-refractivity contribution is 6.32. The normalized spacial score (nSPS) is 19.1. The predicted octanol–water partition coefficient (Wildman–Crippen LogP) is 1.19. The number of benzene rings is 1. The zero-order valence-corrected chi connectivity index (χ0v) is 9.58. The Hall–Kier alpha value is -1.66. The van der Waals surface area contributed by atoms with Gasteiger partial charge in [0.1, 0.15) is 7.85 Å². The number of carbonyl (C=O) groups excluding carboxylic acids is 1. The highest BCUT2D eigenvalue weighted by atomic mass is 19.4. The van der Waals surface area contributed by atoms with E-state index in [4.69, 9.17) is 7.85 Å². The molecule has 0 bridgehead atoms. The lowest BCUT2D eigenvalue weighted by Crippen LogP contribution is -2.51. The Labute approximate surface area is 103 Å². The second-order valence-electron chi connectivity index (χ2n) is 4.18. The fourth-order valence-electron chi connectivity index (χ4n) is 1.94. The van der Waals surface area contributed by atoms with Gasteiger partial charge in [0.15, 0.2) is 0 Å². The van der Waals surface area contributed by atoms with Gasteiger partial charge in [-0.2, -0.15) is 13.2 Å². The third kappa shape index (κ3) is 2.17. The molecular weight excluding hydrogens is 244 g/mol. The van der Waals surface area contributed by atoms with Gasteiger partial charge < -0.3 is 5.32 Å². The van der Waals surface area contributed by atoms with Gasteiger partial charge in [-0.25, -0.2) is 0 Å². The molecular formula is C11H10BF3N2O. The summed E-state index contributed by atoms with van der Waals surface area (Å²) < 4.78 is 37.6. The summed E-state index contributed by atoms with van der Waals surface area (Å²) in [7, 11) is 5.56. The first kappa shape index (κ1) is 12.8. The van der Waals surface area contributed by atoms with Gasteiger partial charge in [-0.3, -0.25) is 9.69 Å². The molecule has 0 spiro atoms. The van der Waals surface area contributed by atoms with Crippen molar-refractivity contribution in [2.75, 3.05) is 16.8 Å². The highest BCUT2D eigenvalue weighted by Gasteiger charge is 2.45. The van der Waals surface area contributed by atoms with Crippen molar-refractivity contribution in [2.45, 2.75) is 19.1 Å². The van der Waals surface area contributed by atoms with Crippen molar-refractivity contribution in [3.05, 3.63) is 18.2 Å². The van der Waals surface area contributed by atoms with Crippen LogP contribution in [0, 0.1) is 0 Å². The van der Waals surface area contributed by atoms with Crippen LogP contribution in [-0.2, 0) is 4.79 Å². The predicted molar refractivity (Wildman–Crippen MR) is 63.3 cm³/mol. The van der Waals surface area contributed by atoms with Gasteiger partial charge >= 0.3 is 12.1 Å². The lowest BCUT2D eigenvalue weighted by atomic mass is 9.94. The maximum Gasteiger partial charge on any atom is 0.471 e. The van der Waals surface area contributed by atoms with Gasteiger partial charge in [0.25, 0.3) is 0 Å². The average molecular weight is 254 g/mol. The number of anilines is 2. The number of hydrogen-bond acceptors (Lipinski definition) is 2. The lowest BCUT2D eigenvalue weighted by molar-refractivity contribution is -0.170. The molecule has 1 amide bonds. The Morgan fingerprint density at radius 3 is 2.78 bits per heavy atom. The number of fused-ring (bicyclic) bond motifs is 1. The molecule has 1 atom stereocenters. The zero-order chi connectivity index (χ0) is 13.5. The minimum absolute atomic E-state index is 0.199. The molecule has 0 saturated carbocycles. The van der Waals surface area contributed by atoms with Crippen LogP contribution in [-0.4, -0.2) is 32.5 Å². The first-order chi connectivity index (χ1) is 8.30. The van der Waals surface area contributed by atoms with Crippen LogP contribution in [0.5, 0.6) is 0 Å². The maximum absolute atomic E-state index is 12.5. The van der Waals surface area contributed by atoms with Crippen molar-refractivity contribution in [3.63, 3.8) is 0 Å². The molecule has 94 valence electrons. The van der Waals surface area contributed by atoms with E-state index in [1.54, 1.807) is 6.92 Å². The average Bonchev–Trinajstić information content (AvgIpc) is 2.27. The summed E-state index contributed by atoms with van der Waals surface area (Å²) in [5.74, 6) is -1.86. The molecule has 2 rings (SSSR count). The largest absolute Gasteiger partial charge is 0.471 e. The van der Waals surface area contributed by atoms with E-state index in [0.717, 1.165) is 4.90 Å². The first-order valence-corrected chi connectivity index (χ1v) is 5.34. The van der Waals surface area contributed by atoms with Crippen LogP contribution in [0.4, 0.5) is 24.5 Å². The molecule has 0 aromatic heterocycles. The number of nitrogens with zero attached hydrogens (tertiary/aromatic N) is 1. The van der Waals surface area contributed by atoms with Crippen molar-refractivity contribution in [2.24, 2.45) is 0 Å². The van der Waals surface area contributed by atoms with Crippen LogP contribution in [0.25, 0.3) is 0 Å². The second kappa shape index (κ2) is 4.22. The van der Waals surface area contributed by atoms with Crippen LogP contribution in [0.1, 0.15) is 6.92 Å². The number of amides is 1. The van der Waals surface area contributed by atoms with E-state index in [0.29, 0.717) is 11.2 Å². The SMILES string of the molecule is [B]c1ccc2c(c1)NC[C@H](C)N2C(=O)C(F)(F)F. The van der Waals surface area contributed by atoms with Crippen LogP contribution < -0.4 is 15.7 Å². The molecule has 0 fully saturated rings. The van der Waals surface area contributed by atoms with Gasteiger partial charge in [0.2, 0.25) is 0 Å². The maximum atomic E-state index is 12.5. The first-order valence-electron chi connectivity index (χ1n) is 5.34. The zero-order valence-electron chi connectivity index (χ0n) is 9.58. The van der Waals surface area contributed by atoms with Gasteiger partial charge in [0.05, 0.1) is 17.4 Å². The number of alkyl halides is 3. The van der Waals surface area contributed by atoms with Crippen LogP contribution in [0.15, 0.2) is 18.2 Å². The van der Waals surface area contributed by atoms with E-state index in [-0.39, 0.29) is 12.2 Å². The summed E-state index contributed by atoms with van der Waals surface area (Å²) in [5.41, 5.74) is 1.06. The Morgan fingerprint density at radius 1 is 1.50 bits per heavy atom. The summed E-state index contributed by atoms with van der Waals surface area (Å²) in [6.45, 7) is 1.80. The van der Waals surface area contributed by atoms with Gasteiger partial charge in [-0.05, 0) is 19.1 Å². The Kier molecular flexibility index (Phi) is 3.00. The summed E-state index contributed by atoms with van der Waals surface area (Å²) in [6.07, 6.45) is -4.88. The topological polar surface area (TPSA) is 32.3 Å². The van der Waals surface area contributed by atoms with Crippen molar-refractivity contribution in [1.29, 1.82) is 0 Å². The van der Waals surface area contributed by atoms with E-state index in [2.05, 4.69) is 5.32 Å². The molecule has 1 aliphatic rings. The molecule has 3 nitrogen and oxygen atoms in total. The summed E-state index contributed by atoms with van der Waals surface area (Å²) >= 11 is 0. The van der Waals surface area contributed by atoms with Crippen LogP contribution in [0.3, 0.4) is 0 Å². The fourth-order valence-corrected chi connectivity index (χ4v) is 1.94. The molecule has 2 radical (unpaired) electrons. The van der Waals surface area contributed by atoms with E-state index in [1.807, 2.05) is 0 Å². The summed E-state index contributed by atoms with van der Waals surface area (Å²) in [5, 5.41) is 2.95. The molecule has 1 aromatic carbocycles. The van der Waals surface area contributed by atoms with Crippen molar-refractivity contribution in [1.82, 2.24) is 0 Å². The molecule has 0 aliphatic carbocycles. The molecule has 18 heavy (non-hydrogen) atoms. The minimum Gasteiger partial charge on any atom is -0.381 e. The Morgan fingerprint density at radius 2 is 2.17 bits per heavy atom. The monoisotopic (exact) mass is 254 g/mol. The van der Waals surface area contributed by atoms with E-state index >= 15 is 0 Å². The molecule has 0 saturated heterocycles. The van der Waals surface area contributed by atoms with Gasteiger partial charge in [-0.1, -0.05) is 11.5 Å². The van der Waals surface area contributed by atoms with Crippen molar-refractivity contribution in [3.8, 4) is 0 Å². The molecule has 7 heteroatoms. The Balaban J connectivity index is 2.46. The van der Waals surface area contributed by atoms with Crippen LogP contribution >= 0.6 is 0 Å². The fraction of sp³-hybridized carbons (Fsp3) is 0.364. The van der Waals surface area contributed by atoms with Crippen molar-refractivity contribution < 1.29 is 18.0 Å². The number of halogens is 3. The third-order valence-corrected chi connectivity index (χ3v) is 2.77. The Bertz CT molecular complexity index is 490. The minimum atomic E-state index is -4.88. The summed E-state index contributed by atoms with van der Waals surface area (Å²) in [6, 6.07) is 3.82. The number of rotatable bonds is 0. The van der Waals surface area contributed by atoms with E-state index in [9.17, 15) is 18.0 Å². The number of carbonyl (C=O) groups is 1. The second-order valence-corrected chi connectivity index (χ2v) is 4.18. The lowest BCUT2D eigenvalue weighted by Gasteiger charge is -2.36. The van der Waals surface area contributed by atoms with Gasteiger partial charge in [0, 0.05) is 6.54 Å². The quantitative estimate of drug-likeness (QED) is 0.705. The highest BCUT2D eigenvalue weighted by Crippen LogP contribution is 2.33. The molecule has 1 aromatic rings. The summed E-state index contributed by atoms with van der Waals surface area (Å²) in [4.78, 5) is 12.2. The molecule has 1 N–H and O–H groups in total. The van der Waals surface area contributed by atoms with Crippen LogP contribution in [0.2, 0.25) is 0 Å². The third-order valence-electron chi connectivity index (χ3n) is 2.77. The smallest absolute Gasteiger partial charge is 0.381 e. The molecule has 1 aliphatic heterocycles. The number of hydrogen-bond donors (Lipinski definition) is 1.